The van der Waals surface area contributed by atoms with Gasteiger partial charge < -0.3 is 15.4 Å². The Hall–Kier alpha value is -0.610. The molecule has 1 atom stereocenters. The lowest BCUT2D eigenvalue weighted by molar-refractivity contribution is -0.122. The summed E-state index contributed by atoms with van der Waals surface area (Å²) in [6, 6.07) is 0.330. The lowest BCUT2D eigenvalue weighted by Gasteiger charge is -2.12. The molecule has 0 bridgehead atoms. The van der Waals surface area contributed by atoms with Crippen molar-refractivity contribution in [3.8, 4) is 0 Å². The molecule has 0 unspecified atom stereocenters. The molecule has 0 spiro atoms. The van der Waals surface area contributed by atoms with Crippen molar-refractivity contribution in [2.75, 3.05) is 26.3 Å². The van der Waals surface area contributed by atoms with Crippen LogP contribution < -0.4 is 10.6 Å². The minimum absolute atomic E-state index is 0.0585. The molecule has 0 aromatic rings. The summed E-state index contributed by atoms with van der Waals surface area (Å²) < 4.78 is 5.08. The maximum atomic E-state index is 11.2. The number of carbonyl (C=O) groups is 1. The lowest BCUT2D eigenvalue weighted by Crippen LogP contribution is -2.39. The van der Waals surface area contributed by atoms with Gasteiger partial charge in [0.1, 0.15) is 0 Å². The first-order valence-electron chi connectivity index (χ1n) is 5.28. The number of carbonyl (C=O) groups excluding carboxylic acids is 1. The van der Waals surface area contributed by atoms with Gasteiger partial charge in [0.2, 0.25) is 5.91 Å². The first kappa shape index (κ1) is 13.4. The second kappa shape index (κ2) is 8.97. The van der Waals surface area contributed by atoms with Crippen LogP contribution in [0.4, 0.5) is 0 Å². The molecule has 84 valence electrons. The van der Waals surface area contributed by atoms with Gasteiger partial charge in [-0.05, 0) is 20.4 Å². The summed E-state index contributed by atoms with van der Waals surface area (Å²) >= 11 is 0. The smallest absolute Gasteiger partial charge is 0.222 e. The molecule has 2 N–H and O–H groups in total. The fraction of sp³-hybridized carbons (Fsp3) is 0.900. The van der Waals surface area contributed by atoms with Gasteiger partial charge in [-0.2, -0.15) is 0 Å². The van der Waals surface area contributed by atoms with Crippen LogP contribution in [0.3, 0.4) is 0 Å². The maximum Gasteiger partial charge on any atom is 0.222 e. The zero-order chi connectivity index (χ0) is 10.8. The van der Waals surface area contributed by atoms with Crippen molar-refractivity contribution in [3.05, 3.63) is 0 Å². The van der Waals surface area contributed by atoms with Crippen LogP contribution in [0.25, 0.3) is 0 Å². The predicted molar refractivity (Wildman–Crippen MR) is 57.3 cm³/mol. The number of amides is 1. The average Bonchev–Trinajstić information content (AvgIpc) is 2.16. The van der Waals surface area contributed by atoms with Crippen LogP contribution >= 0.6 is 0 Å². The Balaban J connectivity index is 3.34. The Bertz CT molecular complexity index is 151. The van der Waals surface area contributed by atoms with Crippen LogP contribution in [0.15, 0.2) is 0 Å². The monoisotopic (exact) mass is 202 g/mol. The molecule has 0 heterocycles. The van der Waals surface area contributed by atoms with Crippen LogP contribution in [0.2, 0.25) is 0 Å². The fourth-order valence-electron chi connectivity index (χ4n) is 1.09. The topological polar surface area (TPSA) is 50.4 Å². The minimum Gasteiger partial charge on any atom is -0.381 e. The molecule has 0 aliphatic heterocycles. The predicted octanol–water partition coefficient (Wildman–Crippen LogP) is 0.527. The highest BCUT2D eigenvalue weighted by Crippen LogP contribution is 1.84. The van der Waals surface area contributed by atoms with Crippen molar-refractivity contribution in [2.45, 2.75) is 33.2 Å². The first-order valence-corrected chi connectivity index (χ1v) is 5.28. The Labute approximate surface area is 86.4 Å². The number of likely N-dealkylation sites (N-methyl/N-ethyl adjacent to an activating group) is 1. The third kappa shape index (κ3) is 8.01. The van der Waals surface area contributed by atoms with Gasteiger partial charge in [-0.3, -0.25) is 4.79 Å². The van der Waals surface area contributed by atoms with Crippen LogP contribution in [0.5, 0.6) is 0 Å². The number of ether oxygens (including phenoxy) is 1. The van der Waals surface area contributed by atoms with Gasteiger partial charge in [0.25, 0.3) is 0 Å². The molecular formula is C10H22N2O2. The Kier molecular flexibility index (Phi) is 8.57. The summed E-state index contributed by atoms with van der Waals surface area (Å²) in [6.45, 7) is 8.80. The molecule has 0 fully saturated rings. The summed E-state index contributed by atoms with van der Waals surface area (Å²) in [5.74, 6) is 0.0585. The number of hydrogen-bond donors (Lipinski definition) is 2. The van der Waals surface area contributed by atoms with E-state index in [1.54, 1.807) is 0 Å². The number of hydrogen-bond acceptors (Lipinski definition) is 3. The van der Waals surface area contributed by atoms with E-state index in [4.69, 9.17) is 4.74 Å². The van der Waals surface area contributed by atoms with Crippen molar-refractivity contribution < 1.29 is 9.53 Å². The lowest BCUT2D eigenvalue weighted by atomic mass is 10.3. The van der Waals surface area contributed by atoms with Crippen LogP contribution in [-0.2, 0) is 9.53 Å². The molecule has 0 saturated carbocycles. The molecule has 0 radical (unpaired) electrons. The maximum absolute atomic E-state index is 11.2. The van der Waals surface area contributed by atoms with E-state index < -0.39 is 0 Å². The molecule has 0 rings (SSSR count). The molecule has 1 amide bonds. The number of nitrogens with one attached hydrogen (secondary N) is 2. The van der Waals surface area contributed by atoms with Crippen molar-refractivity contribution in [1.29, 1.82) is 0 Å². The highest BCUT2D eigenvalue weighted by molar-refractivity contribution is 5.75. The van der Waals surface area contributed by atoms with Crippen molar-refractivity contribution in [1.82, 2.24) is 10.6 Å². The van der Waals surface area contributed by atoms with Gasteiger partial charge in [0.15, 0.2) is 0 Å². The Morgan fingerprint density at radius 1 is 1.43 bits per heavy atom. The highest BCUT2D eigenvalue weighted by atomic mass is 16.5. The standard InChI is InChI=1S/C10H22N2O2/c1-4-11-9(3)8-12-10(13)6-7-14-5-2/h9,11H,4-8H2,1-3H3,(H,12,13)/t9-/m1/s1. The minimum atomic E-state index is 0.0585. The number of rotatable bonds is 8. The zero-order valence-electron chi connectivity index (χ0n) is 9.43. The van der Waals surface area contributed by atoms with E-state index in [2.05, 4.69) is 10.6 Å². The van der Waals surface area contributed by atoms with Crippen LogP contribution in [0.1, 0.15) is 27.2 Å². The summed E-state index contributed by atoms with van der Waals surface area (Å²) in [5, 5.41) is 6.07. The molecule has 0 aliphatic rings. The third-order valence-corrected chi connectivity index (χ3v) is 1.84. The molecule has 14 heavy (non-hydrogen) atoms. The summed E-state index contributed by atoms with van der Waals surface area (Å²) in [4.78, 5) is 11.2. The normalized spacial score (nSPS) is 12.5. The zero-order valence-corrected chi connectivity index (χ0v) is 9.43. The van der Waals surface area contributed by atoms with Gasteiger partial charge in [0.05, 0.1) is 6.61 Å². The molecule has 0 aromatic heterocycles. The van der Waals surface area contributed by atoms with Crippen molar-refractivity contribution in [3.63, 3.8) is 0 Å². The van der Waals surface area contributed by atoms with E-state index in [-0.39, 0.29) is 5.91 Å². The van der Waals surface area contributed by atoms with Crippen LogP contribution in [0, 0.1) is 0 Å². The second-order valence-electron chi connectivity index (χ2n) is 3.21. The summed E-state index contributed by atoms with van der Waals surface area (Å²) in [5.41, 5.74) is 0. The van der Waals surface area contributed by atoms with Crippen molar-refractivity contribution in [2.24, 2.45) is 0 Å². The average molecular weight is 202 g/mol. The molecular weight excluding hydrogens is 180 g/mol. The van der Waals surface area contributed by atoms with E-state index in [1.807, 2.05) is 20.8 Å². The van der Waals surface area contributed by atoms with E-state index in [9.17, 15) is 4.79 Å². The molecule has 0 aliphatic carbocycles. The molecule has 0 aromatic carbocycles. The Morgan fingerprint density at radius 2 is 2.14 bits per heavy atom. The molecule has 0 saturated heterocycles. The highest BCUT2D eigenvalue weighted by Gasteiger charge is 2.03. The van der Waals surface area contributed by atoms with E-state index in [1.165, 1.54) is 0 Å². The first-order chi connectivity index (χ1) is 6.70. The quantitative estimate of drug-likeness (QED) is 0.564. The SMILES string of the molecule is CCN[C@H](C)CNC(=O)CCOCC. The van der Waals surface area contributed by atoms with Gasteiger partial charge in [0, 0.05) is 25.6 Å². The largest absolute Gasteiger partial charge is 0.381 e. The van der Waals surface area contributed by atoms with E-state index in [0.29, 0.717) is 32.2 Å². The van der Waals surface area contributed by atoms with Gasteiger partial charge >= 0.3 is 0 Å². The second-order valence-corrected chi connectivity index (χ2v) is 3.21. The van der Waals surface area contributed by atoms with Crippen molar-refractivity contribution >= 4 is 5.91 Å². The van der Waals surface area contributed by atoms with Crippen LogP contribution in [-0.4, -0.2) is 38.3 Å². The molecule has 4 nitrogen and oxygen atoms in total. The van der Waals surface area contributed by atoms with E-state index >= 15 is 0 Å². The Morgan fingerprint density at radius 3 is 2.71 bits per heavy atom. The molecule has 4 heteroatoms. The van der Waals surface area contributed by atoms with Gasteiger partial charge in [-0.15, -0.1) is 0 Å². The summed E-state index contributed by atoms with van der Waals surface area (Å²) in [6.07, 6.45) is 0.451. The van der Waals surface area contributed by atoms with Gasteiger partial charge in [-0.1, -0.05) is 6.92 Å². The fourth-order valence-corrected chi connectivity index (χ4v) is 1.09. The van der Waals surface area contributed by atoms with Gasteiger partial charge in [-0.25, -0.2) is 0 Å². The summed E-state index contributed by atoms with van der Waals surface area (Å²) in [7, 11) is 0. The third-order valence-electron chi connectivity index (χ3n) is 1.84. The van der Waals surface area contributed by atoms with E-state index in [0.717, 1.165) is 6.54 Å².